The van der Waals surface area contributed by atoms with Crippen LogP contribution in [0.3, 0.4) is 0 Å². The summed E-state index contributed by atoms with van der Waals surface area (Å²) >= 11 is 1.63. The summed E-state index contributed by atoms with van der Waals surface area (Å²) in [4.78, 5) is 17.1. The number of furan rings is 1. The van der Waals surface area contributed by atoms with Gasteiger partial charge in [0, 0.05) is 34.9 Å². The van der Waals surface area contributed by atoms with E-state index in [9.17, 15) is 4.79 Å². The van der Waals surface area contributed by atoms with E-state index in [1.165, 1.54) is 5.56 Å². The third-order valence-electron chi connectivity index (χ3n) is 4.57. The van der Waals surface area contributed by atoms with Gasteiger partial charge in [-0.1, -0.05) is 48.0 Å². The van der Waals surface area contributed by atoms with Crippen molar-refractivity contribution in [1.29, 1.82) is 0 Å². The molecule has 27 heavy (non-hydrogen) atoms. The van der Waals surface area contributed by atoms with Crippen molar-refractivity contribution < 1.29 is 9.21 Å². The molecule has 1 N–H and O–H groups in total. The molecule has 0 saturated heterocycles. The normalized spacial score (nSPS) is 11.0. The molecule has 0 unspecified atom stereocenters. The number of hydrogen-bond donors (Lipinski definition) is 1. The molecule has 4 rings (SSSR count). The molecular weight excluding hydrogens is 356 g/mol. The number of carbonyl (C=O) groups excluding carboxylic acids is 1. The molecule has 2 aromatic heterocycles. The number of hydrogen-bond acceptors (Lipinski definition) is 4. The van der Waals surface area contributed by atoms with E-state index >= 15 is 0 Å². The standard InChI is InChI=1S/C22H20N2O2S/c1-14-7-9-16(10-8-14)22-24-17(13-27-22)11-12-23-21(25)20-15(2)18-5-3-4-6-19(18)26-20/h3-10,13H,11-12H2,1-2H3,(H,23,25). The van der Waals surface area contributed by atoms with E-state index in [0.717, 1.165) is 32.8 Å². The second kappa shape index (κ2) is 7.37. The number of nitrogens with zero attached hydrogens (tertiary/aromatic N) is 1. The molecule has 2 aromatic carbocycles. The van der Waals surface area contributed by atoms with Crippen molar-refractivity contribution in [2.45, 2.75) is 20.3 Å². The lowest BCUT2D eigenvalue weighted by Crippen LogP contribution is -2.25. The first kappa shape index (κ1) is 17.5. The summed E-state index contributed by atoms with van der Waals surface area (Å²) in [7, 11) is 0. The fraction of sp³-hybridized carbons (Fsp3) is 0.182. The average Bonchev–Trinajstić information content (AvgIpc) is 3.28. The molecule has 0 aliphatic rings. The smallest absolute Gasteiger partial charge is 0.287 e. The van der Waals surface area contributed by atoms with Gasteiger partial charge in [0.25, 0.3) is 5.91 Å². The molecule has 0 atom stereocenters. The van der Waals surface area contributed by atoms with Gasteiger partial charge in [-0.3, -0.25) is 4.79 Å². The lowest BCUT2D eigenvalue weighted by atomic mass is 10.1. The Balaban J connectivity index is 1.39. The largest absolute Gasteiger partial charge is 0.451 e. The summed E-state index contributed by atoms with van der Waals surface area (Å²) in [6, 6.07) is 16.0. The molecule has 2 heterocycles. The minimum absolute atomic E-state index is 0.183. The van der Waals surface area contributed by atoms with Gasteiger partial charge in [-0.2, -0.15) is 0 Å². The van der Waals surface area contributed by atoms with Crippen molar-refractivity contribution in [1.82, 2.24) is 10.3 Å². The van der Waals surface area contributed by atoms with Gasteiger partial charge in [-0.25, -0.2) is 4.98 Å². The zero-order valence-corrected chi connectivity index (χ0v) is 16.1. The first-order chi connectivity index (χ1) is 13.1. The average molecular weight is 376 g/mol. The van der Waals surface area contributed by atoms with E-state index in [-0.39, 0.29) is 5.91 Å². The molecule has 0 aliphatic heterocycles. The van der Waals surface area contributed by atoms with Crippen molar-refractivity contribution in [2.75, 3.05) is 6.54 Å². The lowest BCUT2D eigenvalue weighted by Gasteiger charge is -2.02. The first-order valence-corrected chi connectivity index (χ1v) is 9.77. The van der Waals surface area contributed by atoms with E-state index in [2.05, 4.69) is 41.5 Å². The third-order valence-corrected chi connectivity index (χ3v) is 5.51. The maximum absolute atomic E-state index is 12.5. The quantitative estimate of drug-likeness (QED) is 0.524. The van der Waals surface area contributed by atoms with Gasteiger partial charge >= 0.3 is 0 Å². The van der Waals surface area contributed by atoms with Crippen LogP contribution in [0.5, 0.6) is 0 Å². The maximum Gasteiger partial charge on any atom is 0.287 e. The highest BCUT2D eigenvalue weighted by molar-refractivity contribution is 7.13. The van der Waals surface area contributed by atoms with Crippen LogP contribution in [0.4, 0.5) is 0 Å². The third kappa shape index (κ3) is 3.64. The predicted octanol–water partition coefficient (Wildman–Crippen LogP) is 5.15. The highest BCUT2D eigenvalue weighted by Gasteiger charge is 2.17. The summed E-state index contributed by atoms with van der Waals surface area (Å²) in [6.07, 6.45) is 0.688. The summed E-state index contributed by atoms with van der Waals surface area (Å²) in [5.74, 6) is 0.201. The topological polar surface area (TPSA) is 55.1 Å². The Bertz CT molecular complexity index is 1090. The second-order valence-electron chi connectivity index (χ2n) is 6.57. The molecule has 0 radical (unpaired) electrons. The van der Waals surface area contributed by atoms with Crippen LogP contribution in [-0.2, 0) is 6.42 Å². The molecule has 5 heteroatoms. The Morgan fingerprint density at radius 1 is 1.11 bits per heavy atom. The monoisotopic (exact) mass is 376 g/mol. The van der Waals surface area contributed by atoms with Gasteiger partial charge in [-0.05, 0) is 19.9 Å². The van der Waals surface area contributed by atoms with Crippen LogP contribution in [0.1, 0.15) is 27.4 Å². The summed E-state index contributed by atoms with van der Waals surface area (Å²) in [5.41, 5.74) is 4.95. The van der Waals surface area contributed by atoms with Crippen LogP contribution >= 0.6 is 11.3 Å². The number of aryl methyl sites for hydroxylation is 2. The predicted molar refractivity (Wildman–Crippen MR) is 109 cm³/mol. The SMILES string of the molecule is Cc1ccc(-c2nc(CCNC(=O)c3oc4ccccc4c3C)cs2)cc1. The van der Waals surface area contributed by atoms with E-state index in [4.69, 9.17) is 4.42 Å². The molecule has 0 aliphatic carbocycles. The zero-order valence-electron chi connectivity index (χ0n) is 15.3. The number of carbonyl (C=O) groups is 1. The Kier molecular flexibility index (Phi) is 4.77. The number of para-hydroxylation sites is 1. The number of thiazole rings is 1. The molecule has 0 spiro atoms. The molecule has 0 saturated carbocycles. The Morgan fingerprint density at radius 3 is 2.67 bits per heavy atom. The first-order valence-electron chi connectivity index (χ1n) is 8.89. The van der Waals surface area contributed by atoms with Crippen molar-refractivity contribution in [2.24, 2.45) is 0 Å². The second-order valence-corrected chi connectivity index (χ2v) is 7.43. The van der Waals surface area contributed by atoms with Gasteiger partial charge in [-0.15, -0.1) is 11.3 Å². The fourth-order valence-electron chi connectivity index (χ4n) is 3.03. The molecule has 0 fully saturated rings. The zero-order chi connectivity index (χ0) is 18.8. The number of aromatic nitrogens is 1. The van der Waals surface area contributed by atoms with Crippen molar-refractivity contribution >= 4 is 28.2 Å². The summed E-state index contributed by atoms with van der Waals surface area (Å²) in [5, 5.41) is 6.97. The van der Waals surface area contributed by atoms with Gasteiger partial charge < -0.3 is 9.73 Å². The van der Waals surface area contributed by atoms with Gasteiger partial charge in [0.05, 0.1) is 5.69 Å². The Labute approximate surface area is 161 Å². The van der Waals surface area contributed by atoms with Crippen LogP contribution in [-0.4, -0.2) is 17.4 Å². The minimum Gasteiger partial charge on any atom is -0.451 e. The number of fused-ring (bicyclic) bond motifs is 1. The van der Waals surface area contributed by atoms with Gasteiger partial charge in [0.15, 0.2) is 5.76 Å². The van der Waals surface area contributed by atoms with Crippen LogP contribution in [0, 0.1) is 13.8 Å². The van der Waals surface area contributed by atoms with Crippen LogP contribution in [0.2, 0.25) is 0 Å². The maximum atomic E-state index is 12.5. The number of amides is 1. The van der Waals surface area contributed by atoms with Crippen LogP contribution in [0.25, 0.3) is 21.5 Å². The van der Waals surface area contributed by atoms with E-state index < -0.39 is 0 Å². The van der Waals surface area contributed by atoms with Gasteiger partial charge in [0.2, 0.25) is 0 Å². The van der Waals surface area contributed by atoms with Crippen LogP contribution < -0.4 is 5.32 Å². The van der Waals surface area contributed by atoms with E-state index in [1.54, 1.807) is 11.3 Å². The summed E-state index contributed by atoms with van der Waals surface area (Å²) < 4.78 is 5.71. The Hall–Kier alpha value is -2.92. The molecular formula is C22H20N2O2S. The highest BCUT2D eigenvalue weighted by Crippen LogP contribution is 2.25. The van der Waals surface area contributed by atoms with Crippen molar-refractivity contribution in [3.8, 4) is 10.6 Å². The van der Waals surface area contributed by atoms with Gasteiger partial charge in [0.1, 0.15) is 10.6 Å². The summed E-state index contributed by atoms with van der Waals surface area (Å²) in [6.45, 7) is 4.50. The Morgan fingerprint density at radius 2 is 1.89 bits per heavy atom. The number of benzene rings is 2. The van der Waals surface area contributed by atoms with E-state index in [1.807, 2.05) is 36.6 Å². The highest BCUT2D eigenvalue weighted by atomic mass is 32.1. The van der Waals surface area contributed by atoms with E-state index in [0.29, 0.717) is 18.7 Å². The molecule has 136 valence electrons. The molecule has 4 aromatic rings. The minimum atomic E-state index is -0.183. The lowest BCUT2D eigenvalue weighted by molar-refractivity contribution is 0.0927. The molecule has 4 nitrogen and oxygen atoms in total. The van der Waals surface area contributed by atoms with Crippen molar-refractivity contribution in [3.05, 3.63) is 76.5 Å². The van der Waals surface area contributed by atoms with Crippen LogP contribution in [0.15, 0.2) is 58.3 Å². The molecule has 1 amide bonds. The molecule has 0 bridgehead atoms. The van der Waals surface area contributed by atoms with Crippen molar-refractivity contribution in [3.63, 3.8) is 0 Å². The number of nitrogens with one attached hydrogen (secondary N) is 1. The fourth-order valence-corrected chi connectivity index (χ4v) is 3.89. The number of rotatable bonds is 5.